The third kappa shape index (κ3) is 2.45. The first kappa shape index (κ1) is 13.1. The molecule has 0 bridgehead atoms. The number of nitrogens with zero attached hydrogens (tertiary/aromatic N) is 2. The first-order valence-electron chi connectivity index (χ1n) is 5.92. The Kier molecular flexibility index (Phi) is 3.55. The van der Waals surface area contributed by atoms with E-state index in [0.717, 1.165) is 22.6 Å². The standard InChI is InChI=1S/C14H16N2O3/c1-9-7-15-11(10(2)13(9)19-3)8-16-6-4-5-12(16)14(17)18/h4-7H,8H2,1-3H3,(H,17,18). The molecule has 0 saturated heterocycles. The number of rotatable bonds is 4. The summed E-state index contributed by atoms with van der Waals surface area (Å²) in [6.07, 6.45) is 3.47. The zero-order valence-corrected chi connectivity index (χ0v) is 11.2. The van der Waals surface area contributed by atoms with E-state index in [0.29, 0.717) is 6.54 Å². The number of pyridine rings is 1. The Morgan fingerprint density at radius 2 is 2.21 bits per heavy atom. The smallest absolute Gasteiger partial charge is 0.352 e. The van der Waals surface area contributed by atoms with E-state index in [1.54, 1.807) is 36.2 Å². The Morgan fingerprint density at radius 1 is 1.47 bits per heavy atom. The van der Waals surface area contributed by atoms with E-state index in [4.69, 9.17) is 9.84 Å². The molecule has 2 rings (SSSR count). The molecular formula is C14H16N2O3. The maximum Gasteiger partial charge on any atom is 0.352 e. The van der Waals surface area contributed by atoms with Gasteiger partial charge in [-0.15, -0.1) is 0 Å². The number of hydrogen-bond acceptors (Lipinski definition) is 3. The lowest BCUT2D eigenvalue weighted by atomic mass is 10.1. The van der Waals surface area contributed by atoms with E-state index in [1.165, 1.54) is 0 Å². The maximum absolute atomic E-state index is 11.1. The molecule has 0 amide bonds. The first-order valence-corrected chi connectivity index (χ1v) is 5.92. The number of aromatic carboxylic acids is 1. The van der Waals surface area contributed by atoms with Gasteiger partial charge < -0.3 is 14.4 Å². The molecular weight excluding hydrogens is 244 g/mol. The van der Waals surface area contributed by atoms with Gasteiger partial charge >= 0.3 is 5.97 Å². The lowest BCUT2D eigenvalue weighted by Crippen LogP contribution is -2.11. The summed E-state index contributed by atoms with van der Waals surface area (Å²) >= 11 is 0. The monoisotopic (exact) mass is 260 g/mol. The molecule has 0 atom stereocenters. The zero-order valence-electron chi connectivity index (χ0n) is 11.2. The van der Waals surface area contributed by atoms with Crippen LogP contribution in [0.2, 0.25) is 0 Å². The minimum Gasteiger partial charge on any atom is -0.496 e. The number of methoxy groups -OCH3 is 1. The summed E-state index contributed by atoms with van der Waals surface area (Å²) in [6.45, 7) is 4.27. The molecule has 1 N–H and O–H groups in total. The highest BCUT2D eigenvalue weighted by molar-refractivity contribution is 5.85. The Morgan fingerprint density at radius 3 is 2.84 bits per heavy atom. The quantitative estimate of drug-likeness (QED) is 0.915. The minimum atomic E-state index is -0.943. The Balaban J connectivity index is 2.39. The summed E-state index contributed by atoms with van der Waals surface area (Å²) < 4.78 is 7.01. The number of aromatic nitrogens is 2. The van der Waals surface area contributed by atoms with Crippen molar-refractivity contribution in [3.8, 4) is 5.75 Å². The van der Waals surface area contributed by atoms with Crippen LogP contribution in [0.4, 0.5) is 0 Å². The summed E-state index contributed by atoms with van der Waals surface area (Å²) in [6, 6.07) is 3.29. The van der Waals surface area contributed by atoms with Gasteiger partial charge in [-0.05, 0) is 26.0 Å². The number of aryl methyl sites for hydroxylation is 1. The summed E-state index contributed by atoms with van der Waals surface area (Å²) in [7, 11) is 1.62. The number of ether oxygens (including phenoxy) is 1. The van der Waals surface area contributed by atoms with E-state index < -0.39 is 5.97 Å². The van der Waals surface area contributed by atoms with Gasteiger partial charge in [-0.25, -0.2) is 4.79 Å². The van der Waals surface area contributed by atoms with Crippen molar-refractivity contribution in [3.63, 3.8) is 0 Å². The molecule has 0 aliphatic rings. The fourth-order valence-electron chi connectivity index (χ4n) is 2.14. The highest BCUT2D eigenvalue weighted by Gasteiger charge is 2.13. The van der Waals surface area contributed by atoms with Crippen molar-refractivity contribution in [2.75, 3.05) is 7.11 Å². The van der Waals surface area contributed by atoms with Crippen LogP contribution in [-0.4, -0.2) is 27.7 Å². The second kappa shape index (κ2) is 5.14. The van der Waals surface area contributed by atoms with Gasteiger partial charge in [0.25, 0.3) is 0 Å². The van der Waals surface area contributed by atoms with Gasteiger partial charge in [0.05, 0.1) is 19.3 Å². The molecule has 2 heterocycles. The summed E-state index contributed by atoms with van der Waals surface area (Å²) in [5.74, 6) is -0.143. The highest BCUT2D eigenvalue weighted by Crippen LogP contribution is 2.24. The van der Waals surface area contributed by atoms with Crippen molar-refractivity contribution in [1.82, 2.24) is 9.55 Å². The van der Waals surface area contributed by atoms with E-state index in [9.17, 15) is 4.79 Å². The predicted octanol–water partition coefficient (Wildman–Crippen LogP) is 2.26. The third-order valence-electron chi connectivity index (χ3n) is 3.12. The van der Waals surface area contributed by atoms with Gasteiger partial charge in [-0.3, -0.25) is 4.98 Å². The maximum atomic E-state index is 11.1. The van der Waals surface area contributed by atoms with Gasteiger partial charge in [-0.1, -0.05) is 0 Å². The van der Waals surface area contributed by atoms with Crippen LogP contribution in [0.1, 0.15) is 27.3 Å². The van der Waals surface area contributed by atoms with Crippen LogP contribution >= 0.6 is 0 Å². The van der Waals surface area contributed by atoms with Gasteiger partial charge in [0.1, 0.15) is 11.4 Å². The SMILES string of the molecule is COc1c(C)cnc(Cn2cccc2C(=O)O)c1C. The summed E-state index contributed by atoms with van der Waals surface area (Å²) in [5.41, 5.74) is 2.96. The van der Waals surface area contributed by atoms with Crippen LogP contribution in [-0.2, 0) is 6.54 Å². The topological polar surface area (TPSA) is 64.4 Å². The zero-order chi connectivity index (χ0) is 14.0. The molecule has 0 aliphatic carbocycles. The second-order valence-corrected chi connectivity index (χ2v) is 4.37. The van der Waals surface area contributed by atoms with Crippen LogP contribution in [0, 0.1) is 13.8 Å². The van der Waals surface area contributed by atoms with Crippen molar-refractivity contribution >= 4 is 5.97 Å². The molecule has 5 nitrogen and oxygen atoms in total. The molecule has 0 unspecified atom stereocenters. The van der Waals surface area contributed by atoms with Crippen molar-refractivity contribution in [2.45, 2.75) is 20.4 Å². The first-order chi connectivity index (χ1) is 9.04. The van der Waals surface area contributed by atoms with Gasteiger partial charge in [0.15, 0.2) is 0 Å². The van der Waals surface area contributed by atoms with Gasteiger partial charge in [0, 0.05) is 23.5 Å². The molecule has 19 heavy (non-hydrogen) atoms. The van der Waals surface area contributed by atoms with Crippen LogP contribution in [0.5, 0.6) is 5.75 Å². The molecule has 0 saturated carbocycles. The summed E-state index contributed by atoms with van der Waals surface area (Å²) in [5, 5.41) is 9.08. The van der Waals surface area contributed by atoms with Crippen LogP contribution in [0.25, 0.3) is 0 Å². The average Bonchev–Trinajstić information content (AvgIpc) is 2.82. The van der Waals surface area contributed by atoms with E-state index >= 15 is 0 Å². The molecule has 5 heteroatoms. The van der Waals surface area contributed by atoms with Crippen molar-refractivity contribution in [2.24, 2.45) is 0 Å². The Bertz CT molecular complexity index is 617. The molecule has 0 aromatic carbocycles. The number of carboxylic acids is 1. The highest BCUT2D eigenvalue weighted by atomic mass is 16.5. The largest absolute Gasteiger partial charge is 0.496 e. The lowest BCUT2D eigenvalue weighted by molar-refractivity contribution is 0.0685. The molecule has 0 fully saturated rings. The predicted molar refractivity (Wildman–Crippen MR) is 70.8 cm³/mol. The molecule has 2 aromatic rings. The third-order valence-corrected chi connectivity index (χ3v) is 3.12. The summed E-state index contributed by atoms with van der Waals surface area (Å²) in [4.78, 5) is 15.4. The van der Waals surface area contributed by atoms with E-state index in [2.05, 4.69) is 4.98 Å². The number of hydrogen-bond donors (Lipinski definition) is 1. The second-order valence-electron chi connectivity index (χ2n) is 4.37. The molecule has 0 spiro atoms. The van der Waals surface area contributed by atoms with Gasteiger partial charge in [0.2, 0.25) is 0 Å². The fraction of sp³-hybridized carbons (Fsp3) is 0.286. The van der Waals surface area contributed by atoms with Crippen LogP contribution in [0.3, 0.4) is 0 Å². The molecule has 0 radical (unpaired) electrons. The molecule has 0 aliphatic heterocycles. The fourth-order valence-corrected chi connectivity index (χ4v) is 2.14. The van der Waals surface area contributed by atoms with E-state index in [1.807, 2.05) is 13.8 Å². The Hall–Kier alpha value is -2.30. The lowest BCUT2D eigenvalue weighted by Gasteiger charge is -2.13. The number of carbonyl (C=O) groups is 1. The number of carboxylic acid groups (broad SMARTS) is 1. The van der Waals surface area contributed by atoms with E-state index in [-0.39, 0.29) is 5.69 Å². The van der Waals surface area contributed by atoms with Crippen LogP contribution < -0.4 is 4.74 Å². The van der Waals surface area contributed by atoms with Gasteiger partial charge in [-0.2, -0.15) is 0 Å². The molecule has 100 valence electrons. The van der Waals surface area contributed by atoms with Crippen LogP contribution in [0.15, 0.2) is 24.5 Å². The Labute approximate surface area is 111 Å². The molecule has 2 aromatic heterocycles. The van der Waals surface area contributed by atoms with Crippen molar-refractivity contribution in [3.05, 3.63) is 47.0 Å². The normalized spacial score (nSPS) is 10.5. The van der Waals surface area contributed by atoms with Crippen molar-refractivity contribution in [1.29, 1.82) is 0 Å². The minimum absolute atomic E-state index is 0.251. The van der Waals surface area contributed by atoms with Crippen molar-refractivity contribution < 1.29 is 14.6 Å². The average molecular weight is 260 g/mol.